The Morgan fingerprint density at radius 3 is 2.33 bits per heavy atom. The summed E-state index contributed by atoms with van der Waals surface area (Å²) in [6.45, 7) is 0. The number of esters is 1. The van der Waals surface area contributed by atoms with Gasteiger partial charge in [0, 0.05) is 23.6 Å². The maximum atomic E-state index is 11.7. The third-order valence-electron chi connectivity index (χ3n) is 1.96. The second-order valence-electron chi connectivity index (χ2n) is 3.12. The van der Waals surface area contributed by atoms with E-state index in [1.165, 1.54) is 0 Å². The molecule has 0 saturated carbocycles. The fourth-order valence-electron chi connectivity index (χ4n) is 1.05. The summed E-state index contributed by atoms with van der Waals surface area (Å²) in [6.07, 6.45) is 0.761. The van der Waals surface area contributed by atoms with E-state index in [1.54, 1.807) is 0 Å². The quantitative estimate of drug-likeness (QED) is 0.351. The largest absolute Gasteiger partial charge is 0.466 e. The lowest BCUT2D eigenvalue weighted by atomic mass is 10.3. The molecule has 0 saturated heterocycles. The minimum atomic E-state index is -3.81. The number of nitro groups is 1. The Hall–Kier alpha value is -2.22. The molecule has 0 unspecified atom stereocenters. The molecule has 0 heterocycles. The van der Waals surface area contributed by atoms with Gasteiger partial charge in [0.2, 0.25) is 0 Å². The summed E-state index contributed by atoms with van der Waals surface area (Å²) in [5.41, 5.74) is -0.217. The maximum absolute atomic E-state index is 11.7. The van der Waals surface area contributed by atoms with Crippen LogP contribution in [0.25, 0.3) is 0 Å². The molecule has 0 aliphatic rings. The van der Waals surface area contributed by atoms with Gasteiger partial charge in [-0.05, 0) is 12.1 Å². The van der Waals surface area contributed by atoms with E-state index in [4.69, 9.17) is 0 Å². The van der Waals surface area contributed by atoms with E-state index < -0.39 is 20.7 Å². The summed E-state index contributed by atoms with van der Waals surface area (Å²) in [4.78, 5) is 20.4. The first-order chi connectivity index (χ1) is 8.36. The lowest BCUT2D eigenvalue weighted by Crippen LogP contribution is -2.00. The molecular weight excluding hydrogens is 262 g/mol. The molecule has 0 aliphatic heterocycles. The Balaban J connectivity index is 3.03. The number of carbonyl (C=O) groups is 1. The highest BCUT2D eigenvalue weighted by Crippen LogP contribution is 2.17. The van der Waals surface area contributed by atoms with Crippen LogP contribution in [0.2, 0.25) is 0 Å². The molecule has 0 spiro atoms. The third-order valence-corrected chi connectivity index (χ3v) is 3.38. The zero-order chi connectivity index (χ0) is 13.8. The molecule has 0 aromatic heterocycles. The second-order valence-corrected chi connectivity index (χ2v) is 4.96. The maximum Gasteiger partial charge on any atom is 0.331 e. The summed E-state index contributed by atoms with van der Waals surface area (Å²) in [7, 11) is -2.70. The fourth-order valence-corrected chi connectivity index (χ4v) is 2.01. The van der Waals surface area contributed by atoms with Crippen molar-refractivity contribution in [3.8, 4) is 0 Å². The van der Waals surface area contributed by atoms with Crippen LogP contribution in [0.1, 0.15) is 0 Å². The Morgan fingerprint density at radius 2 is 1.89 bits per heavy atom. The van der Waals surface area contributed by atoms with Gasteiger partial charge in [0.25, 0.3) is 5.69 Å². The van der Waals surface area contributed by atoms with Gasteiger partial charge < -0.3 is 4.74 Å². The van der Waals surface area contributed by atoms with Crippen LogP contribution in [0.15, 0.2) is 40.6 Å². The smallest absolute Gasteiger partial charge is 0.331 e. The molecule has 0 radical (unpaired) electrons. The SMILES string of the molecule is COC(=O)/C=C/S(=O)(=O)c1ccc([N+](=O)[O-])cc1. The minimum absolute atomic E-state index is 0.145. The Kier molecular flexibility index (Phi) is 4.16. The van der Waals surface area contributed by atoms with E-state index in [9.17, 15) is 23.3 Å². The number of methoxy groups -OCH3 is 1. The minimum Gasteiger partial charge on any atom is -0.466 e. The molecule has 96 valence electrons. The van der Waals surface area contributed by atoms with Gasteiger partial charge >= 0.3 is 5.97 Å². The number of non-ortho nitro benzene ring substituents is 1. The van der Waals surface area contributed by atoms with Gasteiger partial charge in [-0.15, -0.1) is 0 Å². The van der Waals surface area contributed by atoms with Gasteiger partial charge in [0.15, 0.2) is 9.84 Å². The lowest BCUT2D eigenvalue weighted by molar-refractivity contribution is -0.384. The Labute approximate surface area is 103 Å². The van der Waals surface area contributed by atoms with Crippen molar-refractivity contribution in [3.63, 3.8) is 0 Å². The average Bonchev–Trinajstić information content (AvgIpc) is 2.36. The van der Waals surface area contributed by atoms with Gasteiger partial charge in [-0.25, -0.2) is 13.2 Å². The van der Waals surface area contributed by atoms with E-state index in [0.717, 1.165) is 37.5 Å². The highest BCUT2D eigenvalue weighted by atomic mass is 32.2. The van der Waals surface area contributed by atoms with Gasteiger partial charge in [-0.2, -0.15) is 0 Å². The van der Waals surface area contributed by atoms with E-state index in [1.807, 2.05) is 0 Å². The molecule has 1 aromatic carbocycles. The van der Waals surface area contributed by atoms with Gasteiger partial charge in [-0.3, -0.25) is 10.1 Å². The zero-order valence-electron chi connectivity index (χ0n) is 9.27. The normalized spacial score (nSPS) is 11.4. The van der Waals surface area contributed by atoms with Crippen LogP contribution in [-0.2, 0) is 19.4 Å². The molecule has 0 atom stereocenters. The van der Waals surface area contributed by atoms with Crippen molar-refractivity contribution in [1.29, 1.82) is 0 Å². The van der Waals surface area contributed by atoms with Crippen molar-refractivity contribution in [2.24, 2.45) is 0 Å². The first kappa shape index (κ1) is 13.8. The molecular formula is C10H9NO6S. The molecule has 1 aromatic rings. The second kappa shape index (κ2) is 5.41. The van der Waals surface area contributed by atoms with E-state index in [0.29, 0.717) is 5.41 Å². The Bertz CT molecular complexity index is 587. The average molecular weight is 271 g/mol. The summed E-state index contributed by atoms with van der Waals surface area (Å²) in [5.74, 6) is -0.805. The molecule has 7 nitrogen and oxygen atoms in total. The van der Waals surface area contributed by atoms with Crippen molar-refractivity contribution >= 4 is 21.5 Å². The molecule has 18 heavy (non-hydrogen) atoms. The van der Waals surface area contributed by atoms with E-state index in [-0.39, 0.29) is 10.6 Å². The van der Waals surface area contributed by atoms with Crippen LogP contribution >= 0.6 is 0 Å². The van der Waals surface area contributed by atoms with Crippen molar-refractivity contribution in [2.45, 2.75) is 4.90 Å². The summed E-state index contributed by atoms with van der Waals surface area (Å²) < 4.78 is 27.6. The predicted molar refractivity (Wildman–Crippen MR) is 61.4 cm³/mol. The van der Waals surface area contributed by atoms with Crippen LogP contribution < -0.4 is 0 Å². The summed E-state index contributed by atoms with van der Waals surface area (Å²) in [5, 5.41) is 11.1. The number of hydrogen-bond acceptors (Lipinski definition) is 6. The molecule has 0 bridgehead atoms. The first-order valence-corrected chi connectivity index (χ1v) is 6.17. The van der Waals surface area contributed by atoms with Crippen LogP contribution in [0.4, 0.5) is 5.69 Å². The molecule has 0 N–H and O–H groups in total. The van der Waals surface area contributed by atoms with Crippen LogP contribution in [0, 0.1) is 10.1 Å². The van der Waals surface area contributed by atoms with Crippen LogP contribution in [-0.4, -0.2) is 26.4 Å². The number of nitro benzene ring substituents is 1. The number of nitrogens with zero attached hydrogens (tertiary/aromatic N) is 1. The van der Waals surface area contributed by atoms with Crippen molar-refractivity contribution in [2.75, 3.05) is 7.11 Å². The lowest BCUT2D eigenvalue weighted by Gasteiger charge is -1.98. The van der Waals surface area contributed by atoms with Crippen molar-refractivity contribution in [1.82, 2.24) is 0 Å². The predicted octanol–water partition coefficient (Wildman–Crippen LogP) is 1.06. The standard InChI is InChI=1S/C10H9NO6S/c1-17-10(12)6-7-18(15,16)9-4-2-8(3-5-9)11(13)14/h2-7H,1H3/b7-6+. The third kappa shape index (κ3) is 3.39. The molecule has 0 aliphatic carbocycles. The van der Waals surface area contributed by atoms with E-state index >= 15 is 0 Å². The van der Waals surface area contributed by atoms with Gasteiger partial charge in [0.05, 0.1) is 16.9 Å². The van der Waals surface area contributed by atoms with Crippen molar-refractivity contribution < 1.29 is 22.9 Å². The number of rotatable bonds is 4. The molecule has 8 heteroatoms. The van der Waals surface area contributed by atoms with Gasteiger partial charge in [-0.1, -0.05) is 0 Å². The summed E-state index contributed by atoms with van der Waals surface area (Å²) >= 11 is 0. The summed E-state index contributed by atoms with van der Waals surface area (Å²) in [6, 6.07) is 4.32. The van der Waals surface area contributed by atoms with Crippen molar-refractivity contribution in [3.05, 3.63) is 45.9 Å². The number of hydrogen-bond donors (Lipinski definition) is 0. The highest BCUT2D eigenvalue weighted by molar-refractivity contribution is 7.94. The monoisotopic (exact) mass is 271 g/mol. The zero-order valence-corrected chi connectivity index (χ0v) is 10.1. The van der Waals surface area contributed by atoms with Gasteiger partial charge in [0.1, 0.15) is 0 Å². The molecule has 1 rings (SSSR count). The fraction of sp³-hybridized carbons (Fsp3) is 0.100. The number of benzene rings is 1. The highest BCUT2D eigenvalue weighted by Gasteiger charge is 2.13. The number of sulfone groups is 1. The number of ether oxygens (including phenoxy) is 1. The number of carbonyl (C=O) groups excluding carboxylic acids is 1. The van der Waals surface area contributed by atoms with E-state index in [2.05, 4.69) is 4.74 Å². The molecule has 0 amide bonds. The molecule has 0 fully saturated rings. The van der Waals surface area contributed by atoms with Crippen LogP contribution in [0.3, 0.4) is 0 Å². The first-order valence-electron chi connectivity index (χ1n) is 4.62. The Morgan fingerprint density at radius 1 is 1.33 bits per heavy atom. The van der Waals surface area contributed by atoms with Crippen LogP contribution in [0.5, 0.6) is 0 Å². The topological polar surface area (TPSA) is 104 Å².